The van der Waals surface area contributed by atoms with Crippen LogP contribution in [0.3, 0.4) is 0 Å². The molecule has 1 aromatic heterocycles. The second-order valence-corrected chi connectivity index (χ2v) is 6.83. The number of nitrogens with two attached hydrogens (primary N) is 1. The van der Waals surface area contributed by atoms with Gasteiger partial charge in [0.15, 0.2) is 0 Å². The molecule has 17 heavy (non-hydrogen) atoms. The van der Waals surface area contributed by atoms with E-state index < -0.39 is 0 Å². The Balaban J connectivity index is 1.94. The summed E-state index contributed by atoms with van der Waals surface area (Å²) in [5.74, 6) is 0. The fourth-order valence-corrected chi connectivity index (χ4v) is 3.68. The van der Waals surface area contributed by atoms with Gasteiger partial charge in [0.25, 0.3) is 0 Å². The van der Waals surface area contributed by atoms with E-state index in [0.29, 0.717) is 0 Å². The van der Waals surface area contributed by atoms with Gasteiger partial charge in [0.05, 0.1) is 9.83 Å². The Kier molecular flexibility index (Phi) is 3.07. The monoisotopic (exact) mass is 307 g/mol. The molecule has 1 aliphatic carbocycles. The smallest absolute Gasteiger partial charge is 0.0701 e. The first-order valence-electron chi connectivity index (χ1n) is 5.85. The molecule has 0 saturated carbocycles. The van der Waals surface area contributed by atoms with Crippen LogP contribution in [0.15, 0.2) is 33.4 Å². The number of fused-ring (bicyclic) bond motifs is 1. The maximum absolute atomic E-state index is 6.31. The third kappa shape index (κ3) is 2.19. The van der Waals surface area contributed by atoms with Crippen molar-refractivity contribution in [3.8, 4) is 0 Å². The van der Waals surface area contributed by atoms with Crippen LogP contribution >= 0.6 is 27.3 Å². The standard InChI is InChI=1S/C14H14BrNS/c15-13-7-12(8-17-13)14(16)11-5-4-9-2-1-3-10(9)6-11/h4-8,14H,1-3,16H2. The average Bonchev–Trinajstić information content (AvgIpc) is 2.95. The molecule has 2 aromatic rings. The van der Waals surface area contributed by atoms with E-state index in [9.17, 15) is 0 Å². The summed E-state index contributed by atoms with van der Waals surface area (Å²) in [6.45, 7) is 0. The number of hydrogen-bond acceptors (Lipinski definition) is 2. The van der Waals surface area contributed by atoms with Crippen LogP contribution in [0.1, 0.15) is 34.7 Å². The summed E-state index contributed by atoms with van der Waals surface area (Å²) in [4.78, 5) is 0. The van der Waals surface area contributed by atoms with Gasteiger partial charge >= 0.3 is 0 Å². The Hall–Kier alpha value is -0.640. The highest BCUT2D eigenvalue weighted by molar-refractivity contribution is 9.11. The molecule has 3 rings (SSSR count). The molecule has 3 heteroatoms. The van der Waals surface area contributed by atoms with Gasteiger partial charge in [-0.2, -0.15) is 0 Å². The third-order valence-corrected chi connectivity index (χ3v) is 4.95. The van der Waals surface area contributed by atoms with Crippen LogP contribution in [-0.2, 0) is 12.8 Å². The Bertz CT molecular complexity index is 547. The second-order valence-electron chi connectivity index (χ2n) is 4.54. The van der Waals surface area contributed by atoms with Crippen LogP contribution in [0, 0.1) is 0 Å². The molecule has 1 aliphatic rings. The molecule has 2 N–H and O–H groups in total. The predicted octanol–water partition coefficient (Wildman–Crippen LogP) is 4.05. The highest BCUT2D eigenvalue weighted by Crippen LogP contribution is 2.30. The maximum atomic E-state index is 6.31. The third-order valence-electron chi connectivity index (χ3n) is 3.43. The van der Waals surface area contributed by atoms with Crippen molar-refractivity contribution in [1.82, 2.24) is 0 Å². The van der Waals surface area contributed by atoms with Gasteiger partial charge in [0.2, 0.25) is 0 Å². The number of halogens is 1. The minimum absolute atomic E-state index is 0.00319. The molecule has 0 saturated heterocycles. The summed E-state index contributed by atoms with van der Waals surface area (Å²) in [7, 11) is 0. The van der Waals surface area contributed by atoms with Crippen LogP contribution in [-0.4, -0.2) is 0 Å². The topological polar surface area (TPSA) is 26.0 Å². The normalized spacial score (nSPS) is 15.9. The van der Waals surface area contributed by atoms with Gasteiger partial charge in [-0.25, -0.2) is 0 Å². The first-order valence-corrected chi connectivity index (χ1v) is 7.52. The lowest BCUT2D eigenvalue weighted by atomic mass is 9.98. The van der Waals surface area contributed by atoms with E-state index in [1.807, 2.05) is 0 Å². The molecule has 0 bridgehead atoms. The fourth-order valence-electron chi connectivity index (χ4n) is 2.46. The fraction of sp³-hybridized carbons (Fsp3) is 0.286. The zero-order valence-corrected chi connectivity index (χ0v) is 11.9. The van der Waals surface area contributed by atoms with E-state index in [0.717, 1.165) is 3.79 Å². The lowest BCUT2D eigenvalue weighted by Crippen LogP contribution is -2.11. The molecule has 1 atom stereocenters. The first-order chi connectivity index (χ1) is 8.24. The summed E-state index contributed by atoms with van der Waals surface area (Å²) < 4.78 is 1.14. The SMILES string of the molecule is NC(c1csc(Br)c1)c1ccc2c(c1)CCC2. The van der Waals surface area contributed by atoms with E-state index in [-0.39, 0.29) is 6.04 Å². The molecule has 88 valence electrons. The van der Waals surface area contributed by atoms with E-state index >= 15 is 0 Å². The number of thiophene rings is 1. The van der Waals surface area contributed by atoms with Crippen LogP contribution < -0.4 is 5.73 Å². The summed E-state index contributed by atoms with van der Waals surface area (Å²) >= 11 is 5.18. The van der Waals surface area contributed by atoms with Gasteiger partial charge in [-0.15, -0.1) is 11.3 Å². The molecule has 1 aromatic carbocycles. The van der Waals surface area contributed by atoms with E-state index in [1.165, 1.54) is 41.5 Å². The summed E-state index contributed by atoms with van der Waals surface area (Å²) in [6.07, 6.45) is 3.73. The molecule has 0 aliphatic heterocycles. The molecular weight excluding hydrogens is 294 g/mol. The summed E-state index contributed by atoms with van der Waals surface area (Å²) in [5.41, 5.74) is 11.7. The van der Waals surface area contributed by atoms with Crippen molar-refractivity contribution in [3.05, 3.63) is 55.7 Å². The molecule has 0 fully saturated rings. The highest BCUT2D eigenvalue weighted by Gasteiger charge is 2.15. The minimum Gasteiger partial charge on any atom is -0.320 e. The Labute approximate surface area is 114 Å². The second kappa shape index (κ2) is 4.56. The Morgan fingerprint density at radius 3 is 2.71 bits per heavy atom. The lowest BCUT2D eigenvalue weighted by Gasteiger charge is -2.12. The van der Waals surface area contributed by atoms with Gasteiger partial charge in [0.1, 0.15) is 0 Å². The van der Waals surface area contributed by atoms with Gasteiger partial charge < -0.3 is 5.73 Å². The van der Waals surface area contributed by atoms with Gasteiger partial charge in [-0.05, 0) is 68.9 Å². The molecule has 1 heterocycles. The minimum atomic E-state index is 0.00319. The van der Waals surface area contributed by atoms with Gasteiger partial charge in [-0.3, -0.25) is 0 Å². The average molecular weight is 308 g/mol. The van der Waals surface area contributed by atoms with Crippen molar-refractivity contribution < 1.29 is 0 Å². The lowest BCUT2D eigenvalue weighted by molar-refractivity contribution is 0.872. The molecule has 0 spiro atoms. The number of benzene rings is 1. The summed E-state index contributed by atoms with van der Waals surface area (Å²) in [6, 6.07) is 8.84. The van der Waals surface area contributed by atoms with Crippen molar-refractivity contribution in [2.45, 2.75) is 25.3 Å². The van der Waals surface area contributed by atoms with E-state index in [1.54, 1.807) is 11.3 Å². The van der Waals surface area contributed by atoms with E-state index in [2.05, 4.69) is 45.6 Å². The van der Waals surface area contributed by atoms with Gasteiger partial charge in [-0.1, -0.05) is 18.2 Å². The highest BCUT2D eigenvalue weighted by atomic mass is 79.9. The molecule has 1 unspecified atom stereocenters. The van der Waals surface area contributed by atoms with Crippen LogP contribution in [0.2, 0.25) is 0 Å². The quantitative estimate of drug-likeness (QED) is 0.890. The molecule has 1 nitrogen and oxygen atoms in total. The molecular formula is C14H14BrNS. The van der Waals surface area contributed by atoms with Crippen LogP contribution in [0.4, 0.5) is 0 Å². The van der Waals surface area contributed by atoms with Crippen molar-refractivity contribution in [3.63, 3.8) is 0 Å². The zero-order valence-electron chi connectivity index (χ0n) is 9.45. The largest absolute Gasteiger partial charge is 0.320 e. The van der Waals surface area contributed by atoms with Gasteiger partial charge in [0, 0.05) is 0 Å². The molecule has 0 amide bonds. The zero-order chi connectivity index (χ0) is 11.8. The number of rotatable bonds is 2. The van der Waals surface area contributed by atoms with Crippen molar-refractivity contribution >= 4 is 27.3 Å². The number of hydrogen-bond donors (Lipinski definition) is 1. The van der Waals surface area contributed by atoms with Crippen LogP contribution in [0.25, 0.3) is 0 Å². The molecule has 0 radical (unpaired) electrons. The predicted molar refractivity (Wildman–Crippen MR) is 76.5 cm³/mol. The van der Waals surface area contributed by atoms with Crippen molar-refractivity contribution in [2.24, 2.45) is 5.73 Å². The summed E-state index contributed by atoms with van der Waals surface area (Å²) in [5, 5.41) is 2.13. The van der Waals surface area contributed by atoms with Crippen molar-refractivity contribution in [1.29, 1.82) is 0 Å². The number of aryl methyl sites for hydroxylation is 2. The Morgan fingerprint density at radius 2 is 1.94 bits per heavy atom. The first kappa shape index (κ1) is 11.5. The Morgan fingerprint density at radius 1 is 1.12 bits per heavy atom. The van der Waals surface area contributed by atoms with E-state index in [4.69, 9.17) is 5.73 Å². The van der Waals surface area contributed by atoms with Crippen molar-refractivity contribution in [2.75, 3.05) is 0 Å². The maximum Gasteiger partial charge on any atom is 0.0701 e. The van der Waals surface area contributed by atoms with Crippen LogP contribution in [0.5, 0.6) is 0 Å².